The number of likely N-dealkylation sites (N-methyl/N-ethyl adjacent to an activating group) is 1. The van der Waals surface area contributed by atoms with Gasteiger partial charge in [-0.1, -0.05) is 30.7 Å². The third kappa shape index (κ3) is 3.79. The maximum atomic E-state index is 13.1. The summed E-state index contributed by atoms with van der Waals surface area (Å²) in [6.07, 6.45) is 0.937. The predicted octanol–water partition coefficient (Wildman–Crippen LogP) is 7.69. The topological polar surface area (TPSA) is 54.3 Å². The molecular formula is C30H30ClN5OS. The summed E-state index contributed by atoms with van der Waals surface area (Å²) in [5.74, 6) is 0.693. The molecule has 1 saturated heterocycles. The molecule has 0 bridgehead atoms. The van der Waals surface area contributed by atoms with Crippen LogP contribution in [0.2, 0.25) is 5.02 Å². The molecule has 0 saturated carbocycles. The number of amides is 2. The summed E-state index contributed by atoms with van der Waals surface area (Å²) in [5.41, 5.74) is 7.69. The number of rotatable bonds is 4. The van der Waals surface area contributed by atoms with E-state index in [0.29, 0.717) is 12.4 Å². The van der Waals surface area contributed by atoms with E-state index in [2.05, 4.69) is 64.1 Å². The lowest BCUT2D eigenvalue weighted by Gasteiger charge is -2.24. The van der Waals surface area contributed by atoms with Gasteiger partial charge in [0.2, 0.25) is 0 Å². The highest BCUT2D eigenvalue weighted by molar-refractivity contribution is 7.22. The zero-order valence-electron chi connectivity index (χ0n) is 22.5. The van der Waals surface area contributed by atoms with E-state index < -0.39 is 0 Å². The molecule has 0 radical (unpaired) electrons. The Balaban J connectivity index is 1.52. The second-order valence-electron chi connectivity index (χ2n) is 10.7. The Hall–Kier alpha value is -3.42. The summed E-state index contributed by atoms with van der Waals surface area (Å²) in [6, 6.07) is 16.5. The van der Waals surface area contributed by atoms with Crippen LogP contribution >= 0.6 is 22.9 Å². The largest absolute Gasteiger partial charge is 0.326 e. The van der Waals surface area contributed by atoms with E-state index in [1.54, 1.807) is 21.1 Å². The molecule has 0 atom stereocenters. The lowest BCUT2D eigenvalue weighted by atomic mass is 9.94. The fourth-order valence-electron chi connectivity index (χ4n) is 5.48. The van der Waals surface area contributed by atoms with Gasteiger partial charge in [0.25, 0.3) is 0 Å². The van der Waals surface area contributed by atoms with Gasteiger partial charge >= 0.3 is 6.03 Å². The van der Waals surface area contributed by atoms with Gasteiger partial charge in [-0.05, 0) is 80.3 Å². The van der Waals surface area contributed by atoms with Crippen molar-refractivity contribution in [3.05, 3.63) is 64.7 Å². The Morgan fingerprint density at radius 2 is 1.76 bits per heavy atom. The molecule has 0 spiro atoms. The van der Waals surface area contributed by atoms with Crippen LogP contribution in [0.3, 0.4) is 0 Å². The summed E-state index contributed by atoms with van der Waals surface area (Å²) in [5, 5.41) is 7.39. The number of carbonyl (C=O) groups is 1. The van der Waals surface area contributed by atoms with E-state index in [-0.39, 0.29) is 11.6 Å². The zero-order chi connectivity index (χ0) is 26.9. The number of carbonyl (C=O) groups excluding carboxylic acids is 1. The molecule has 8 heteroatoms. The van der Waals surface area contributed by atoms with E-state index >= 15 is 0 Å². The fourth-order valence-corrected chi connectivity index (χ4v) is 6.74. The summed E-state index contributed by atoms with van der Waals surface area (Å²) in [7, 11) is 3.77. The SMILES string of the molecule is CCc1c(C)cc2nc(-c3ccc4c(c3)c(N3CC(C)(C)N(C)C3=O)nn4C)sc2c1-c1ccc(Cl)cc1. The quantitative estimate of drug-likeness (QED) is 0.233. The van der Waals surface area contributed by atoms with Crippen molar-refractivity contribution in [3.63, 3.8) is 0 Å². The van der Waals surface area contributed by atoms with Gasteiger partial charge < -0.3 is 4.90 Å². The molecule has 5 aromatic rings. The molecule has 38 heavy (non-hydrogen) atoms. The van der Waals surface area contributed by atoms with Crippen LogP contribution in [-0.2, 0) is 13.5 Å². The summed E-state index contributed by atoms with van der Waals surface area (Å²) >= 11 is 7.91. The number of nitrogens with zero attached hydrogens (tertiary/aromatic N) is 5. The predicted molar refractivity (Wildman–Crippen MR) is 158 cm³/mol. The van der Waals surface area contributed by atoms with Crippen LogP contribution in [0, 0.1) is 6.92 Å². The minimum absolute atomic E-state index is 0.0319. The third-order valence-corrected chi connectivity index (χ3v) is 9.19. The van der Waals surface area contributed by atoms with Crippen molar-refractivity contribution in [2.24, 2.45) is 7.05 Å². The zero-order valence-corrected chi connectivity index (χ0v) is 24.0. The molecule has 2 aromatic heterocycles. The maximum Gasteiger partial charge on any atom is 0.326 e. The van der Waals surface area contributed by atoms with Crippen LogP contribution in [0.5, 0.6) is 0 Å². The molecule has 1 fully saturated rings. The van der Waals surface area contributed by atoms with E-state index in [1.807, 2.05) is 30.9 Å². The lowest BCUT2D eigenvalue weighted by molar-refractivity contribution is 0.198. The Labute approximate surface area is 231 Å². The van der Waals surface area contributed by atoms with Crippen LogP contribution in [0.1, 0.15) is 31.9 Å². The Kier molecular flexibility index (Phi) is 5.78. The van der Waals surface area contributed by atoms with Crippen LogP contribution in [0.25, 0.3) is 42.8 Å². The first-order valence-electron chi connectivity index (χ1n) is 12.8. The van der Waals surface area contributed by atoms with Gasteiger partial charge in [-0.25, -0.2) is 9.78 Å². The molecule has 6 nitrogen and oxygen atoms in total. The molecular weight excluding hydrogens is 514 g/mol. The third-order valence-electron chi connectivity index (χ3n) is 7.80. The second-order valence-corrected chi connectivity index (χ2v) is 12.1. The average molecular weight is 544 g/mol. The Bertz CT molecular complexity index is 1730. The number of benzene rings is 3. The molecule has 3 aromatic carbocycles. The summed E-state index contributed by atoms with van der Waals surface area (Å²) < 4.78 is 3.02. The molecule has 0 aliphatic carbocycles. The lowest BCUT2D eigenvalue weighted by Crippen LogP contribution is -2.38. The summed E-state index contributed by atoms with van der Waals surface area (Å²) in [4.78, 5) is 21.8. The van der Waals surface area contributed by atoms with Gasteiger partial charge in [-0.3, -0.25) is 9.58 Å². The average Bonchev–Trinajstić information content (AvgIpc) is 3.52. The van der Waals surface area contributed by atoms with E-state index in [1.165, 1.54) is 21.4 Å². The highest BCUT2D eigenvalue weighted by Crippen LogP contribution is 2.42. The molecule has 1 aliphatic rings. The van der Waals surface area contributed by atoms with Crippen LogP contribution < -0.4 is 4.90 Å². The number of halogens is 1. The van der Waals surface area contributed by atoms with Gasteiger partial charge in [0.15, 0.2) is 5.82 Å². The molecule has 3 heterocycles. The Morgan fingerprint density at radius 3 is 2.42 bits per heavy atom. The van der Waals surface area contributed by atoms with Crippen LogP contribution in [0.15, 0.2) is 48.5 Å². The number of urea groups is 1. The van der Waals surface area contributed by atoms with Crippen molar-refractivity contribution in [1.82, 2.24) is 19.7 Å². The number of hydrogen-bond donors (Lipinski definition) is 0. The normalized spacial score (nSPS) is 15.4. The highest BCUT2D eigenvalue weighted by atomic mass is 35.5. The van der Waals surface area contributed by atoms with Gasteiger partial charge in [-0.2, -0.15) is 5.10 Å². The fraction of sp³-hybridized carbons (Fsp3) is 0.300. The second kappa shape index (κ2) is 8.82. The van der Waals surface area contributed by atoms with Crippen molar-refractivity contribution >= 4 is 55.9 Å². The molecule has 0 unspecified atom stereocenters. The van der Waals surface area contributed by atoms with Crippen molar-refractivity contribution in [2.45, 2.75) is 39.7 Å². The number of hydrogen-bond acceptors (Lipinski definition) is 4. The molecule has 6 rings (SSSR count). The van der Waals surface area contributed by atoms with Crippen molar-refractivity contribution in [1.29, 1.82) is 0 Å². The van der Waals surface area contributed by atoms with Gasteiger partial charge in [-0.15, -0.1) is 11.3 Å². The first-order valence-corrected chi connectivity index (χ1v) is 14.0. The van der Waals surface area contributed by atoms with Crippen molar-refractivity contribution in [2.75, 3.05) is 18.5 Å². The number of aromatic nitrogens is 3. The first-order chi connectivity index (χ1) is 18.1. The van der Waals surface area contributed by atoms with Gasteiger partial charge in [0.05, 0.1) is 27.8 Å². The molecule has 1 aliphatic heterocycles. The van der Waals surface area contributed by atoms with Crippen LogP contribution in [0.4, 0.5) is 10.6 Å². The molecule has 194 valence electrons. The number of aryl methyl sites for hydroxylation is 2. The van der Waals surface area contributed by atoms with Gasteiger partial charge in [0, 0.05) is 35.6 Å². The standard InChI is InChI=1S/C30H30ClN5OS/c1-7-21-17(2)14-23-26(25(21)18-8-11-20(31)12-9-18)38-28(32-23)19-10-13-24-22(15-19)27(33-35(24)6)36-16-30(3,4)34(5)29(36)37/h8-15H,7,16H2,1-6H3. The van der Waals surface area contributed by atoms with E-state index in [9.17, 15) is 4.79 Å². The smallest absolute Gasteiger partial charge is 0.320 e. The number of anilines is 1. The number of thiazole rings is 1. The minimum atomic E-state index is -0.265. The Morgan fingerprint density at radius 1 is 1.05 bits per heavy atom. The van der Waals surface area contributed by atoms with Crippen molar-refractivity contribution < 1.29 is 4.79 Å². The van der Waals surface area contributed by atoms with E-state index in [4.69, 9.17) is 21.7 Å². The highest BCUT2D eigenvalue weighted by Gasteiger charge is 2.42. The van der Waals surface area contributed by atoms with Crippen molar-refractivity contribution in [3.8, 4) is 21.7 Å². The van der Waals surface area contributed by atoms with Crippen LogP contribution in [-0.4, -0.2) is 44.8 Å². The molecule has 2 amide bonds. The van der Waals surface area contributed by atoms with Gasteiger partial charge in [0.1, 0.15) is 5.01 Å². The first kappa shape index (κ1) is 24.9. The monoisotopic (exact) mass is 543 g/mol. The maximum absolute atomic E-state index is 13.1. The van der Waals surface area contributed by atoms with E-state index in [0.717, 1.165) is 44.0 Å². The summed E-state index contributed by atoms with van der Waals surface area (Å²) in [6.45, 7) is 9.10. The molecule has 0 N–H and O–H groups in total. The number of fused-ring (bicyclic) bond motifs is 2. The minimum Gasteiger partial charge on any atom is -0.320 e.